The molecular weight excluding hydrogens is 439 g/mol. The first-order valence-corrected chi connectivity index (χ1v) is 13.6. The standard InChI is InChI=1S/C29H40BBr/c1-3-5-7-9-11-13-19-29(20-14-12-10-8-6-4-2)27-21-23(30)15-17-25(27)26-18-16-24(31)22-28(26)29/h15-18,21-22H,3-14,19-20H2,1-2H3. The van der Waals surface area contributed by atoms with E-state index in [1.54, 1.807) is 0 Å². The Morgan fingerprint density at radius 2 is 1.13 bits per heavy atom. The van der Waals surface area contributed by atoms with Crippen LogP contribution in [0.3, 0.4) is 0 Å². The zero-order chi connectivity index (χ0) is 22.1. The number of unbranched alkanes of at least 4 members (excludes halogenated alkanes) is 10. The van der Waals surface area contributed by atoms with E-state index >= 15 is 0 Å². The fourth-order valence-corrected chi connectivity index (χ4v) is 5.92. The van der Waals surface area contributed by atoms with Crippen molar-refractivity contribution in [3.63, 3.8) is 0 Å². The third-order valence-electron chi connectivity index (χ3n) is 7.26. The average Bonchev–Trinajstić information content (AvgIpc) is 3.02. The lowest BCUT2D eigenvalue weighted by molar-refractivity contribution is 0.398. The SMILES string of the molecule is [B]c1ccc2c(c1)C(CCCCCCCC)(CCCCCCCC)c1cc(Br)ccc1-2. The summed E-state index contributed by atoms with van der Waals surface area (Å²) in [5.74, 6) is 0. The van der Waals surface area contributed by atoms with Crippen molar-refractivity contribution in [3.05, 3.63) is 52.0 Å². The van der Waals surface area contributed by atoms with Gasteiger partial charge in [-0.3, -0.25) is 0 Å². The number of benzene rings is 2. The second-order valence-electron chi connectivity index (χ2n) is 9.61. The number of fused-ring (bicyclic) bond motifs is 3. The highest BCUT2D eigenvalue weighted by atomic mass is 79.9. The molecule has 0 unspecified atom stereocenters. The lowest BCUT2D eigenvalue weighted by Gasteiger charge is -2.33. The average molecular weight is 479 g/mol. The van der Waals surface area contributed by atoms with E-state index in [9.17, 15) is 0 Å². The normalized spacial score (nSPS) is 13.9. The molecule has 0 spiro atoms. The summed E-state index contributed by atoms with van der Waals surface area (Å²) >= 11 is 3.77. The van der Waals surface area contributed by atoms with Gasteiger partial charge in [0.15, 0.2) is 0 Å². The molecule has 2 radical (unpaired) electrons. The van der Waals surface area contributed by atoms with Crippen molar-refractivity contribution in [2.24, 2.45) is 0 Å². The maximum absolute atomic E-state index is 6.33. The van der Waals surface area contributed by atoms with Gasteiger partial charge in [-0.2, -0.15) is 0 Å². The molecule has 0 saturated heterocycles. The Morgan fingerprint density at radius 1 is 0.645 bits per heavy atom. The van der Waals surface area contributed by atoms with Crippen LogP contribution in [0.2, 0.25) is 0 Å². The highest BCUT2D eigenvalue weighted by Crippen LogP contribution is 2.54. The van der Waals surface area contributed by atoms with Gasteiger partial charge in [0.25, 0.3) is 0 Å². The second kappa shape index (κ2) is 12.3. The fraction of sp³-hybridized carbons (Fsp3) is 0.586. The number of halogens is 1. The maximum atomic E-state index is 6.33. The molecular formula is C29H40BBr. The fourth-order valence-electron chi connectivity index (χ4n) is 5.56. The topological polar surface area (TPSA) is 0 Å². The molecule has 0 nitrogen and oxygen atoms in total. The van der Waals surface area contributed by atoms with Gasteiger partial charge in [-0.15, -0.1) is 0 Å². The summed E-state index contributed by atoms with van der Waals surface area (Å²) in [7, 11) is 6.33. The molecule has 2 heteroatoms. The van der Waals surface area contributed by atoms with Crippen LogP contribution in [0.1, 0.15) is 115 Å². The molecule has 2 aromatic rings. The molecule has 1 aliphatic carbocycles. The number of rotatable bonds is 14. The van der Waals surface area contributed by atoms with Gasteiger partial charge in [0.2, 0.25) is 0 Å². The third kappa shape index (κ3) is 6.07. The number of hydrogen-bond acceptors (Lipinski definition) is 0. The predicted octanol–water partition coefficient (Wildman–Crippen LogP) is 9.01. The van der Waals surface area contributed by atoms with Crippen molar-refractivity contribution in [2.75, 3.05) is 0 Å². The van der Waals surface area contributed by atoms with Gasteiger partial charge in [-0.05, 0) is 47.2 Å². The zero-order valence-corrected chi connectivity index (χ0v) is 21.4. The Kier molecular flexibility index (Phi) is 9.76. The van der Waals surface area contributed by atoms with E-state index in [1.807, 2.05) is 0 Å². The first-order valence-electron chi connectivity index (χ1n) is 12.8. The summed E-state index contributed by atoms with van der Waals surface area (Å²) in [4.78, 5) is 0. The van der Waals surface area contributed by atoms with E-state index in [0.29, 0.717) is 0 Å². The lowest BCUT2D eigenvalue weighted by atomic mass is 9.70. The van der Waals surface area contributed by atoms with E-state index in [-0.39, 0.29) is 5.41 Å². The van der Waals surface area contributed by atoms with Crippen molar-refractivity contribution in [3.8, 4) is 11.1 Å². The van der Waals surface area contributed by atoms with Crippen molar-refractivity contribution >= 4 is 29.2 Å². The second-order valence-corrected chi connectivity index (χ2v) is 10.5. The molecule has 0 heterocycles. The Hall–Kier alpha value is -1.02. The molecule has 0 fully saturated rings. The Morgan fingerprint density at radius 3 is 1.71 bits per heavy atom. The molecule has 1 aliphatic rings. The molecule has 166 valence electrons. The maximum Gasteiger partial charge on any atom is 0.113 e. The first kappa shape index (κ1) is 24.6. The van der Waals surface area contributed by atoms with Gasteiger partial charge < -0.3 is 0 Å². The van der Waals surface area contributed by atoms with Crippen LogP contribution in [0, 0.1) is 0 Å². The molecule has 0 aromatic heterocycles. The van der Waals surface area contributed by atoms with Crippen LogP contribution < -0.4 is 5.46 Å². The quantitative estimate of drug-likeness (QED) is 0.187. The van der Waals surface area contributed by atoms with Gasteiger partial charge in [-0.25, -0.2) is 0 Å². The molecule has 2 aromatic carbocycles. The molecule has 0 saturated carbocycles. The molecule has 31 heavy (non-hydrogen) atoms. The molecule has 0 bridgehead atoms. The van der Waals surface area contributed by atoms with Crippen LogP contribution in [0.15, 0.2) is 40.9 Å². The summed E-state index contributed by atoms with van der Waals surface area (Å²) in [6.45, 7) is 4.59. The van der Waals surface area contributed by atoms with Crippen LogP contribution in [-0.2, 0) is 5.41 Å². The summed E-state index contributed by atoms with van der Waals surface area (Å²) in [6.07, 6.45) is 18.7. The highest BCUT2D eigenvalue weighted by molar-refractivity contribution is 9.10. The van der Waals surface area contributed by atoms with E-state index in [1.165, 1.54) is 117 Å². The molecule has 0 N–H and O–H groups in total. The van der Waals surface area contributed by atoms with E-state index in [2.05, 4.69) is 66.2 Å². The van der Waals surface area contributed by atoms with Gasteiger partial charge in [0.05, 0.1) is 0 Å². The van der Waals surface area contributed by atoms with Crippen molar-refractivity contribution in [2.45, 2.75) is 109 Å². The monoisotopic (exact) mass is 478 g/mol. The van der Waals surface area contributed by atoms with Crippen molar-refractivity contribution in [1.82, 2.24) is 0 Å². The molecule has 0 atom stereocenters. The largest absolute Gasteiger partial charge is 0.113 e. The molecule has 0 amide bonds. The van der Waals surface area contributed by atoms with Crippen molar-refractivity contribution < 1.29 is 0 Å². The number of hydrogen-bond donors (Lipinski definition) is 0. The third-order valence-corrected chi connectivity index (χ3v) is 7.75. The summed E-state index contributed by atoms with van der Waals surface area (Å²) in [5.41, 5.74) is 6.89. The Labute approximate surface area is 201 Å². The minimum Gasteiger partial charge on any atom is -0.0963 e. The Balaban J connectivity index is 1.85. The predicted molar refractivity (Wildman–Crippen MR) is 142 cm³/mol. The lowest BCUT2D eigenvalue weighted by Crippen LogP contribution is -2.26. The molecule has 3 rings (SSSR count). The van der Waals surface area contributed by atoms with E-state index in [0.717, 1.165) is 5.46 Å². The summed E-state index contributed by atoms with van der Waals surface area (Å²) in [5, 5.41) is 0. The first-order chi connectivity index (χ1) is 15.1. The Bertz CT molecular complexity index is 756. The van der Waals surface area contributed by atoms with Crippen LogP contribution >= 0.6 is 15.9 Å². The van der Waals surface area contributed by atoms with Gasteiger partial charge in [-0.1, -0.05) is 137 Å². The van der Waals surface area contributed by atoms with Crippen LogP contribution in [0.5, 0.6) is 0 Å². The van der Waals surface area contributed by atoms with Gasteiger partial charge >= 0.3 is 0 Å². The van der Waals surface area contributed by atoms with Crippen molar-refractivity contribution in [1.29, 1.82) is 0 Å². The summed E-state index contributed by atoms with van der Waals surface area (Å²) < 4.78 is 1.20. The van der Waals surface area contributed by atoms with Crippen LogP contribution in [0.4, 0.5) is 0 Å². The van der Waals surface area contributed by atoms with Crippen LogP contribution in [-0.4, -0.2) is 7.85 Å². The highest BCUT2D eigenvalue weighted by Gasteiger charge is 2.42. The molecule has 0 aliphatic heterocycles. The van der Waals surface area contributed by atoms with Gasteiger partial charge in [0.1, 0.15) is 7.85 Å². The minimum atomic E-state index is 0.124. The van der Waals surface area contributed by atoms with E-state index < -0.39 is 0 Å². The van der Waals surface area contributed by atoms with Gasteiger partial charge in [0, 0.05) is 9.89 Å². The van der Waals surface area contributed by atoms with E-state index in [4.69, 9.17) is 7.85 Å². The minimum absolute atomic E-state index is 0.124. The smallest absolute Gasteiger partial charge is 0.0963 e. The summed E-state index contributed by atoms with van der Waals surface area (Å²) in [6, 6.07) is 13.6. The zero-order valence-electron chi connectivity index (χ0n) is 19.8. The van der Waals surface area contributed by atoms with Crippen LogP contribution in [0.25, 0.3) is 11.1 Å².